The third-order valence-electron chi connectivity index (χ3n) is 4.39. The standard InChI is InChI=1S/C18H30N2O/c1-7-11-19-16(15-10-8-9-13(2)20-15)14-12-17(3,4)21-18(14,5)6/h8-10,14,16,19H,7,11-12H2,1-6H3. The van der Waals surface area contributed by atoms with Crippen molar-refractivity contribution in [3.63, 3.8) is 0 Å². The van der Waals surface area contributed by atoms with Gasteiger partial charge in [-0.3, -0.25) is 4.98 Å². The molecule has 0 spiro atoms. The van der Waals surface area contributed by atoms with Crippen molar-refractivity contribution in [1.82, 2.24) is 10.3 Å². The molecule has 1 N–H and O–H groups in total. The van der Waals surface area contributed by atoms with E-state index in [1.54, 1.807) is 0 Å². The molecule has 0 amide bonds. The Balaban J connectivity index is 2.32. The maximum absolute atomic E-state index is 6.29. The van der Waals surface area contributed by atoms with Gasteiger partial charge in [-0.2, -0.15) is 0 Å². The number of nitrogens with one attached hydrogen (secondary N) is 1. The van der Waals surface area contributed by atoms with E-state index in [-0.39, 0.29) is 17.2 Å². The first-order valence-electron chi connectivity index (χ1n) is 8.12. The number of aryl methyl sites for hydroxylation is 1. The van der Waals surface area contributed by atoms with Crippen LogP contribution in [0.25, 0.3) is 0 Å². The summed E-state index contributed by atoms with van der Waals surface area (Å²) in [5, 5.41) is 3.71. The van der Waals surface area contributed by atoms with Crippen LogP contribution in [-0.4, -0.2) is 22.7 Å². The van der Waals surface area contributed by atoms with Crippen LogP contribution in [0.1, 0.15) is 64.9 Å². The largest absolute Gasteiger partial charge is 0.369 e. The Hall–Kier alpha value is -0.930. The molecule has 2 rings (SSSR count). The summed E-state index contributed by atoms with van der Waals surface area (Å²) in [6.07, 6.45) is 2.18. The molecule has 1 aromatic heterocycles. The van der Waals surface area contributed by atoms with Gasteiger partial charge in [-0.05, 0) is 66.1 Å². The number of pyridine rings is 1. The van der Waals surface area contributed by atoms with Crippen molar-refractivity contribution in [1.29, 1.82) is 0 Å². The second-order valence-corrected chi connectivity index (χ2v) is 7.41. The monoisotopic (exact) mass is 290 g/mol. The van der Waals surface area contributed by atoms with Gasteiger partial charge >= 0.3 is 0 Å². The van der Waals surface area contributed by atoms with Crippen LogP contribution in [0.2, 0.25) is 0 Å². The van der Waals surface area contributed by atoms with Crippen molar-refractivity contribution < 1.29 is 4.74 Å². The van der Waals surface area contributed by atoms with Crippen LogP contribution in [0.3, 0.4) is 0 Å². The Bertz CT molecular complexity index is 482. The molecule has 2 heterocycles. The van der Waals surface area contributed by atoms with Gasteiger partial charge in [-0.25, -0.2) is 0 Å². The fourth-order valence-corrected chi connectivity index (χ4v) is 3.61. The molecule has 1 aliphatic heterocycles. The molecule has 2 unspecified atom stereocenters. The molecule has 0 radical (unpaired) electrons. The first-order valence-corrected chi connectivity index (χ1v) is 8.12. The minimum Gasteiger partial charge on any atom is -0.369 e. The molecular weight excluding hydrogens is 260 g/mol. The minimum atomic E-state index is -0.139. The topological polar surface area (TPSA) is 34.2 Å². The molecular formula is C18H30N2O. The van der Waals surface area contributed by atoms with Gasteiger partial charge in [-0.15, -0.1) is 0 Å². The van der Waals surface area contributed by atoms with Gasteiger partial charge in [0.15, 0.2) is 0 Å². The summed E-state index contributed by atoms with van der Waals surface area (Å²) >= 11 is 0. The molecule has 1 saturated heterocycles. The lowest BCUT2D eigenvalue weighted by molar-refractivity contribution is -0.0780. The SMILES string of the molecule is CCCNC(c1cccc(C)n1)C1CC(C)(C)OC1(C)C. The predicted molar refractivity (Wildman–Crippen MR) is 87.4 cm³/mol. The van der Waals surface area contributed by atoms with Crippen LogP contribution >= 0.6 is 0 Å². The highest BCUT2D eigenvalue weighted by Gasteiger charge is 2.49. The van der Waals surface area contributed by atoms with E-state index in [2.05, 4.69) is 65.1 Å². The Morgan fingerprint density at radius 3 is 2.57 bits per heavy atom. The second kappa shape index (κ2) is 6.05. The van der Waals surface area contributed by atoms with Gasteiger partial charge in [0.2, 0.25) is 0 Å². The first-order chi connectivity index (χ1) is 9.75. The highest BCUT2D eigenvalue weighted by Crippen LogP contribution is 2.47. The zero-order chi connectivity index (χ0) is 15.7. The number of rotatable bonds is 5. The lowest BCUT2D eigenvalue weighted by Crippen LogP contribution is -2.39. The minimum absolute atomic E-state index is 0.0653. The summed E-state index contributed by atoms with van der Waals surface area (Å²) in [7, 11) is 0. The fourth-order valence-electron chi connectivity index (χ4n) is 3.61. The van der Waals surface area contributed by atoms with E-state index >= 15 is 0 Å². The number of ether oxygens (including phenoxy) is 1. The van der Waals surface area contributed by atoms with E-state index in [4.69, 9.17) is 9.72 Å². The first kappa shape index (κ1) is 16.4. The summed E-state index contributed by atoms with van der Waals surface area (Å²) in [6.45, 7) is 14.1. The predicted octanol–water partition coefficient (Wildman–Crippen LogP) is 4.02. The maximum Gasteiger partial charge on any atom is 0.0681 e. The zero-order valence-corrected chi connectivity index (χ0v) is 14.4. The summed E-state index contributed by atoms with van der Waals surface area (Å²) in [5.74, 6) is 0.424. The fraction of sp³-hybridized carbons (Fsp3) is 0.722. The number of hydrogen-bond acceptors (Lipinski definition) is 3. The maximum atomic E-state index is 6.29. The molecule has 21 heavy (non-hydrogen) atoms. The molecule has 3 heteroatoms. The number of aromatic nitrogens is 1. The van der Waals surface area contributed by atoms with Gasteiger partial charge in [0.1, 0.15) is 0 Å². The van der Waals surface area contributed by atoms with Gasteiger partial charge < -0.3 is 10.1 Å². The van der Waals surface area contributed by atoms with Crippen molar-refractivity contribution in [3.05, 3.63) is 29.6 Å². The average Bonchev–Trinajstić information content (AvgIpc) is 2.58. The highest BCUT2D eigenvalue weighted by molar-refractivity contribution is 5.17. The van der Waals surface area contributed by atoms with Crippen molar-refractivity contribution in [3.8, 4) is 0 Å². The summed E-state index contributed by atoms with van der Waals surface area (Å²) in [5.41, 5.74) is 2.01. The third kappa shape index (κ3) is 3.83. The van der Waals surface area contributed by atoms with Crippen LogP contribution in [0.15, 0.2) is 18.2 Å². The second-order valence-electron chi connectivity index (χ2n) is 7.41. The molecule has 0 aromatic carbocycles. The van der Waals surface area contributed by atoms with Crippen LogP contribution in [0.5, 0.6) is 0 Å². The van der Waals surface area contributed by atoms with Crippen LogP contribution in [0.4, 0.5) is 0 Å². The van der Waals surface area contributed by atoms with Crippen molar-refractivity contribution in [2.75, 3.05) is 6.54 Å². The van der Waals surface area contributed by atoms with Crippen LogP contribution in [0, 0.1) is 12.8 Å². The van der Waals surface area contributed by atoms with E-state index in [0.717, 1.165) is 30.8 Å². The molecule has 1 aliphatic rings. The average molecular weight is 290 g/mol. The smallest absolute Gasteiger partial charge is 0.0681 e. The molecule has 0 bridgehead atoms. The lowest BCUT2D eigenvalue weighted by atomic mass is 9.80. The Labute approximate surface area is 129 Å². The van der Waals surface area contributed by atoms with Crippen molar-refractivity contribution >= 4 is 0 Å². The van der Waals surface area contributed by atoms with Gasteiger partial charge in [-0.1, -0.05) is 13.0 Å². The normalized spacial score (nSPS) is 25.0. The summed E-state index contributed by atoms with van der Waals surface area (Å²) in [6, 6.07) is 6.55. The van der Waals surface area contributed by atoms with Gasteiger partial charge in [0.05, 0.1) is 22.9 Å². The lowest BCUT2D eigenvalue weighted by Gasteiger charge is -2.33. The molecule has 1 fully saturated rings. The molecule has 2 atom stereocenters. The molecule has 1 aromatic rings. The quantitative estimate of drug-likeness (QED) is 0.889. The molecule has 0 saturated carbocycles. The van der Waals surface area contributed by atoms with Crippen molar-refractivity contribution in [2.45, 2.75) is 71.6 Å². The Morgan fingerprint density at radius 1 is 1.33 bits per heavy atom. The summed E-state index contributed by atoms with van der Waals surface area (Å²) in [4.78, 5) is 4.77. The summed E-state index contributed by atoms with van der Waals surface area (Å²) < 4.78 is 6.29. The Morgan fingerprint density at radius 2 is 2.05 bits per heavy atom. The van der Waals surface area contributed by atoms with Gasteiger partial charge in [0, 0.05) is 11.6 Å². The van der Waals surface area contributed by atoms with E-state index in [0.29, 0.717) is 5.92 Å². The molecule has 118 valence electrons. The van der Waals surface area contributed by atoms with E-state index in [9.17, 15) is 0 Å². The highest BCUT2D eigenvalue weighted by atomic mass is 16.5. The van der Waals surface area contributed by atoms with E-state index < -0.39 is 0 Å². The Kier molecular flexibility index (Phi) is 4.74. The van der Waals surface area contributed by atoms with Crippen molar-refractivity contribution in [2.24, 2.45) is 5.92 Å². The van der Waals surface area contributed by atoms with Crippen LogP contribution < -0.4 is 5.32 Å². The number of hydrogen-bond donors (Lipinski definition) is 1. The van der Waals surface area contributed by atoms with Crippen LogP contribution in [-0.2, 0) is 4.74 Å². The van der Waals surface area contributed by atoms with E-state index in [1.165, 1.54) is 0 Å². The third-order valence-corrected chi connectivity index (χ3v) is 4.39. The molecule has 3 nitrogen and oxygen atoms in total. The van der Waals surface area contributed by atoms with Gasteiger partial charge in [0.25, 0.3) is 0 Å². The zero-order valence-electron chi connectivity index (χ0n) is 14.4. The van der Waals surface area contributed by atoms with E-state index in [1.807, 2.05) is 0 Å². The number of nitrogens with zero attached hydrogens (tertiary/aromatic N) is 1. The molecule has 0 aliphatic carbocycles.